The highest BCUT2D eigenvalue weighted by atomic mass is 32.2. The van der Waals surface area contributed by atoms with E-state index in [1.54, 1.807) is 9.80 Å². The summed E-state index contributed by atoms with van der Waals surface area (Å²) in [6.07, 6.45) is -0.00698. The van der Waals surface area contributed by atoms with Gasteiger partial charge in [-0.2, -0.15) is 0 Å². The van der Waals surface area contributed by atoms with Gasteiger partial charge < -0.3 is 19.6 Å². The summed E-state index contributed by atoms with van der Waals surface area (Å²) in [4.78, 5) is 27.0. The van der Waals surface area contributed by atoms with Gasteiger partial charge in [-0.1, -0.05) is 11.8 Å². The maximum atomic E-state index is 12.1. The molecule has 19 heavy (non-hydrogen) atoms. The predicted molar refractivity (Wildman–Crippen MR) is 72.0 cm³/mol. The highest BCUT2D eigenvalue weighted by Gasteiger charge is 2.29. The fourth-order valence-corrected chi connectivity index (χ4v) is 3.22. The Morgan fingerprint density at radius 3 is 2.95 bits per heavy atom. The van der Waals surface area contributed by atoms with Crippen LogP contribution in [0, 0.1) is 0 Å². The average molecular weight is 288 g/mol. The molecule has 6 nitrogen and oxygen atoms in total. The lowest BCUT2D eigenvalue weighted by Crippen LogP contribution is -2.50. The summed E-state index contributed by atoms with van der Waals surface area (Å²) < 4.78 is 5.50. The van der Waals surface area contributed by atoms with Crippen LogP contribution in [0.4, 0.5) is 4.79 Å². The molecule has 0 aromatic carbocycles. The standard InChI is InChI=1S/C12H20N2O4S/c1-9-6-14(7-10(8-15)18-9)11(16)2-3-13-4-5-19-12(13)17/h9-10,15H,2-8H2,1H3. The monoisotopic (exact) mass is 288 g/mol. The molecule has 2 aliphatic heterocycles. The first-order valence-corrected chi connectivity index (χ1v) is 7.54. The number of thioether (sulfide) groups is 1. The normalized spacial score (nSPS) is 28.0. The second-order valence-electron chi connectivity index (χ2n) is 4.90. The Morgan fingerprint density at radius 2 is 2.32 bits per heavy atom. The van der Waals surface area contributed by atoms with Crippen LogP contribution in [-0.4, -0.2) is 76.8 Å². The molecule has 0 aromatic heterocycles. The van der Waals surface area contributed by atoms with E-state index in [0.29, 0.717) is 26.1 Å². The number of amides is 2. The summed E-state index contributed by atoms with van der Waals surface area (Å²) in [6, 6.07) is 0. The smallest absolute Gasteiger partial charge is 0.281 e. The van der Waals surface area contributed by atoms with Gasteiger partial charge in [0.05, 0.1) is 18.8 Å². The maximum absolute atomic E-state index is 12.1. The third kappa shape index (κ3) is 3.84. The van der Waals surface area contributed by atoms with E-state index in [0.717, 1.165) is 12.3 Å². The van der Waals surface area contributed by atoms with E-state index >= 15 is 0 Å². The Morgan fingerprint density at radius 1 is 1.53 bits per heavy atom. The van der Waals surface area contributed by atoms with Crippen LogP contribution in [0.5, 0.6) is 0 Å². The summed E-state index contributed by atoms with van der Waals surface area (Å²) in [5.74, 6) is 0.840. The van der Waals surface area contributed by atoms with Crippen LogP contribution >= 0.6 is 11.8 Å². The molecule has 2 amide bonds. The SMILES string of the molecule is CC1CN(C(=O)CCN2CCSC2=O)CC(CO)O1. The van der Waals surface area contributed by atoms with Crippen LogP contribution in [0.1, 0.15) is 13.3 Å². The molecule has 2 saturated heterocycles. The molecule has 7 heteroatoms. The van der Waals surface area contributed by atoms with Crippen molar-refractivity contribution in [3.05, 3.63) is 0 Å². The topological polar surface area (TPSA) is 70.1 Å². The minimum absolute atomic E-state index is 0.0262. The molecule has 0 aromatic rings. The number of aliphatic hydroxyl groups excluding tert-OH is 1. The van der Waals surface area contributed by atoms with Gasteiger partial charge in [0.2, 0.25) is 5.91 Å². The molecule has 2 atom stereocenters. The van der Waals surface area contributed by atoms with Crippen molar-refractivity contribution >= 4 is 22.9 Å². The van der Waals surface area contributed by atoms with Crippen LogP contribution < -0.4 is 0 Å². The molecule has 0 bridgehead atoms. The van der Waals surface area contributed by atoms with Crippen molar-refractivity contribution in [3.8, 4) is 0 Å². The second kappa shape index (κ2) is 6.58. The lowest BCUT2D eigenvalue weighted by atomic mass is 10.2. The molecule has 0 aliphatic carbocycles. The van der Waals surface area contributed by atoms with Gasteiger partial charge in [0.25, 0.3) is 5.24 Å². The fourth-order valence-electron chi connectivity index (χ4n) is 2.37. The van der Waals surface area contributed by atoms with Crippen molar-refractivity contribution in [1.82, 2.24) is 9.80 Å². The van der Waals surface area contributed by atoms with Crippen molar-refractivity contribution in [2.24, 2.45) is 0 Å². The Balaban J connectivity index is 1.80. The highest BCUT2D eigenvalue weighted by Crippen LogP contribution is 2.18. The summed E-state index contributed by atoms with van der Waals surface area (Å²) in [6.45, 7) is 4.02. The second-order valence-corrected chi connectivity index (χ2v) is 5.95. The van der Waals surface area contributed by atoms with Crippen LogP contribution in [0.15, 0.2) is 0 Å². The average Bonchev–Trinajstić information content (AvgIpc) is 2.80. The maximum Gasteiger partial charge on any atom is 0.281 e. The van der Waals surface area contributed by atoms with E-state index in [1.165, 1.54) is 11.8 Å². The molecule has 2 unspecified atom stereocenters. The molecular weight excluding hydrogens is 268 g/mol. The minimum Gasteiger partial charge on any atom is -0.394 e. The van der Waals surface area contributed by atoms with Crippen LogP contribution in [-0.2, 0) is 9.53 Å². The molecule has 2 rings (SSSR count). The number of morpholine rings is 1. The Bertz CT molecular complexity index is 353. The molecule has 108 valence electrons. The van der Waals surface area contributed by atoms with E-state index in [9.17, 15) is 9.59 Å². The number of ether oxygens (including phenoxy) is 1. The molecule has 0 spiro atoms. The van der Waals surface area contributed by atoms with Gasteiger partial charge in [-0.05, 0) is 6.92 Å². The highest BCUT2D eigenvalue weighted by molar-refractivity contribution is 8.13. The van der Waals surface area contributed by atoms with E-state index in [-0.39, 0.29) is 30.0 Å². The summed E-state index contributed by atoms with van der Waals surface area (Å²) in [7, 11) is 0. The minimum atomic E-state index is -0.295. The zero-order chi connectivity index (χ0) is 13.8. The first-order valence-electron chi connectivity index (χ1n) is 6.56. The van der Waals surface area contributed by atoms with E-state index in [2.05, 4.69) is 0 Å². The molecule has 2 fully saturated rings. The van der Waals surface area contributed by atoms with Crippen molar-refractivity contribution < 1.29 is 19.4 Å². The Labute approximate surface area is 117 Å². The van der Waals surface area contributed by atoms with Gasteiger partial charge in [0.15, 0.2) is 0 Å². The Hall–Kier alpha value is -0.790. The Kier molecular flexibility index (Phi) is 5.06. The summed E-state index contributed by atoms with van der Waals surface area (Å²) in [5.41, 5.74) is 0. The van der Waals surface area contributed by atoms with Gasteiger partial charge in [0.1, 0.15) is 0 Å². The van der Waals surface area contributed by atoms with Crippen LogP contribution in [0.2, 0.25) is 0 Å². The lowest BCUT2D eigenvalue weighted by Gasteiger charge is -2.36. The first kappa shape index (κ1) is 14.6. The summed E-state index contributed by atoms with van der Waals surface area (Å²) >= 11 is 1.31. The van der Waals surface area contributed by atoms with Gasteiger partial charge in [-0.25, -0.2) is 0 Å². The van der Waals surface area contributed by atoms with Gasteiger partial charge in [-0.15, -0.1) is 0 Å². The molecule has 2 heterocycles. The fraction of sp³-hybridized carbons (Fsp3) is 0.833. The van der Waals surface area contributed by atoms with Crippen molar-refractivity contribution in [3.63, 3.8) is 0 Å². The third-order valence-electron chi connectivity index (χ3n) is 3.32. The molecule has 1 N–H and O–H groups in total. The molecule has 2 aliphatic rings. The van der Waals surface area contributed by atoms with Gasteiger partial charge in [0, 0.05) is 38.4 Å². The first-order chi connectivity index (χ1) is 9.10. The van der Waals surface area contributed by atoms with E-state index < -0.39 is 0 Å². The quantitative estimate of drug-likeness (QED) is 0.797. The largest absolute Gasteiger partial charge is 0.394 e. The predicted octanol–water partition coefficient (Wildman–Crippen LogP) is 0.154. The summed E-state index contributed by atoms with van der Waals surface area (Å²) in [5, 5.41) is 9.19. The molecular formula is C12H20N2O4S. The van der Waals surface area contributed by atoms with Crippen molar-refractivity contribution in [2.75, 3.05) is 38.5 Å². The lowest BCUT2D eigenvalue weighted by molar-refractivity contribution is -0.147. The van der Waals surface area contributed by atoms with Crippen LogP contribution in [0.25, 0.3) is 0 Å². The number of nitrogens with zero attached hydrogens (tertiary/aromatic N) is 2. The number of carbonyl (C=O) groups excluding carboxylic acids is 2. The van der Waals surface area contributed by atoms with Crippen LogP contribution in [0.3, 0.4) is 0 Å². The number of hydrogen-bond donors (Lipinski definition) is 1. The van der Waals surface area contributed by atoms with Crippen molar-refractivity contribution in [2.45, 2.75) is 25.6 Å². The number of carbonyl (C=O) groups is 2. The number of hydrogen-bond acceptors (Lipinski definition) is 5. The number of rotatable bonds is 4. The van der Waals surface area contributed by atoms with E-state index in [4.69, 9.17) is 9.84 Å². The van der Waals surface area contributed by atoms with Gasteiger partial charge >= 0.3 is 0 Å². The molecule has 0 saturated carbocycles. The zero-order valence-corrected chi connectivity index (χ0v) is 11.9. The van der Waals surface area contributed by atoms with Gasteiger partial charge in [-0.3, -0.25) is 9.59 Å². The zero-order valence-electron chi connectivity index (χ0n) is 11.1. The van der Waals surface area contributed by atoms with E-state index in [1.807, 2.05) is 6.92 Å². The molecule has 0 radical (unpaired) electrons. The number of aliphatic hydroxyl groups is 1. The van der Waals surface area contributed by atoms with Crippen molar-refractivity contribution in [1.29, 1.82) is 0 Å². The third-order valence-corrected chi connectivity index (χ3v) is 4.21.